The van der Waals surface area contributed by atoms with E-state index in [0.717, 1.165) is 6.42 Å². The van der Waals surface area contributed by atoms with Crippen LogP contribution in [-0.2, 0) is 24.4 Å². The molecule has 3 aliphatic rings. The molecule has 0 spiro atoms. The van der Waals surface area contributed by atoms with Gasteiger partial charge < -0.3 is 24.8 Å². The van der Waals surface area contributed by atoms with Gasteiger partial charge in [0.15, 0.2) is 0 Å². The first-order valence-corrected chi connectivity index (χ1v) is 22.6. The van der Waals surface area contributed by atoms with E-state index < -0.39 is 21.3 Å². The van der Waals surface area contributed by atoms with Crippen LogP contribution in [0.4, 0.5) is 0 Å². The van der Waals surface area contributed by atoms with Crippen molar-refractivity contribution in [2.75, 3.05) is 0 Å². The zero-order chi connectivity index (χ0) is 35.2. The third kappa shape index (κ3) is 5.67. The van der Waals surface area contributed by atoms with Crippen LogP contribution in [0.5, 0.6) is 0 Å². The van der Waals surface area contributed by atoms with Crippen molar-refractivity contribution in [3.8, 4) is 11.1 Å². The molecule has 0 heterocycles. The van der Waals surface area contributed by atoms with Crippen LogP contribution in [0, 0.1) is 46.5 Å². The van der Waals surface area contributed by atoms with Crippen molar-refractivity contribution >= 4 is 14.0 Å². The molecule has 0 aromatic heterocycles. The number of halogens is 2. The van der Waals surface area contributed by atoms with Gasteiger partial charge in [-0.2, -0.15) is 0 Å². The average Bonchev–Trinajstić information content (AvgIpc) is 3.74. The quantitative estimate of drug-likeness (QED) is 0.187. The predicted octanol–water partition coefficient (Wildman–Crippen LogP) is 6.86. The predicted molar refractivity (Wildman–Crippen MR) is 213 cm³/mol. The first-order chi connectivity index (χ1) is 23.9. The van der Waals surface area contributed by atoms with Crippen molar-refractivity contribution in [3.05, 3.63) is 162 Å². The Kier molecular flexibility index (Phi) is 10.8. The van der Waals surface area contributed by atoms with Gasteiger partial charge >= 0.3 is 310 Å². The van der Waals surface area contributed by atoms with Crippen LogP contribution in [0.25, 0.3) is 21.9 Å². The molecule has 0 fully saturated rings. The van der Waals surface area contributed by atoms with Crippen LogP contribution in [0.2, 0.25) is 0 Å². The van der Waals surface area contributed by atoms with E-state index in [0.29, 0.717) is 23.7 Å². The summed E-state index contributed by atoms with van der Waals surface area (Å²) in [6.07, 6.45) is 8.42. The number of hydrogen-bond acceptors (Lipinski definition) is 0. The summed E-state index contributed by atoms with van der Waals surface area (Å²) in [6, 6.07) is 31.1. The molecule has 5 aromatic carbocycles. The first kappa shape index (κ1) is 38.9. The summed E-state index contributed by atoms with van der Waals surface area (Å²) in [4.78, 5) is 0. The maximum atomic E-state index is 2.77. The van der Waals surface area contributed by atoms with Gasteiger partial charge in [0.2, 0.25) is 0 Å². The van der Waals surface area contributed by atoms with Gasteiger partial charge in [-0.3, -0.25) is 0 Å². The molecular weight excluding hydrogens is 751 g/mol. The molecule has 5 atom stereocenters. The van der Waals surface area contributed by atoms with Gasteiger partial charge in [0.25, 0.3) is 0 Å². The van der Waals surface area contributed by atoms with Gasteiger partial charge in [-0.05, 0) is 0 Å². The molecule has 0 bridgehead atoms. The summed E-state index contributed by atoms with van der Waals surface area (Å²) < 4.78 is 3.42. The molecule has 0 N–H and O–H groups in total. The third-order valence-electron chi connectivity index (χ3n) is 13.6. The number of allylic oxidation sites excluding steroid dienone is 4. The van der Waals surface area contributed by atoms with Crippen molar-refractivity contribution in [2.24, 2.45) is 11.8 Å². The van der Waals surface area contributed by atoms with Gasteiger partial charge in [0.05, 0.1) is 0 Å². The fraction of sp³-hybridized carbons (Fsp3) is 0.327. The zero-order valence-corrected chi connectivity index (χ0v) is 36.5. The second kappa shape index (κ2) is 14.4. The van der Waals surface area contributed by atoms with Crippen molar-refractivity contribution in [3.63, 3.8) is 0 Å². The second-order valence-corrected chi connectivity index (χ2v) is 23.4. The van der Waals surface area contributed by atoms with Crippen molar-refractivity contribution in [1.29, 1.82) is 0 Å². The van der Waals surface area contributed by atoms with Gasteiger partial charge in [0, 0.05) is 0 Å². The number of fused-ring (bicyclic) bond motifs is 8. The smallest absolute Gasteiger partial charge is 1.00 e. The number of hydrogen-bond donors (Lipinski definition) is 0. The molecule has 3 aliphatic carbocycles. The molecule has 266 valence electrons. The fourth-order valence-electron chi connectivity index (χ4n) is 10.3. The fourth-order valence-corrected chi connectivity index (χ4v) is 20.8. The topological polar surface area (TPSA) is 0 Å². The summed E-state index contributed by atoms with van der Waals surface area (Å²) in [7, 11) is 0. The maximum absolute atomic E-state index is 2.91. The first-order valence-electron chi connectivity index (χ1n) is 18.9. The normalized spacial score (nSPS) is 22.4. The molecule has 0 saturated heterocycles. The maximum Gasteiger partial charge on any atom is -1.00 e. The Bertz CT molecular complexity index is 2260. The van der Waals surface area contributed by atoms with Crippen molar-refractivity contribution in [1.82, 2.24) is 0 Å². The van der Waals surface area contributed by atoms with Crippen LogP contribution in [0.1, 0.15) is 114 Å². The monoisotopic (exact) mass is 800 g/mol. The Morgan fingerprint density at radius 2 is 1.27 bits per heavy atom. The standard InChI is InChI=1S/C29H33.C15H14.C5H5.2ClH.Zr/c1-14-13-24-25(18(5)15(14)2)21(8)28-27-20(7)17(4)16(3)19(6)26(27)22-11-9-10-12-23(22)29(24)28;1-12-3-7-14(8-4-12)11-15-9-5-13(2)6-10-15;1-2-4-5-3-1;;;/h9-13,16-17,19,21H,1-8H3;3-10H,1-2H3;1-3H,4H2;2*1H;/q;;;;;+2/p-2. The molecule has 0 amide bonds. The van der Waals surface area contributed by atoms with E-state index >= 15 is 0 Å². The van der Waals surface area contributed by atoms with Gasteiger partial charge in [-0.25, -0.2) is 0 Å². The summed E-state index contributed by atoms with van der Waals surface area (Å²) in [5, 5.41) is 2.95. The summed E-state index contributed by atoms with van der Waals surface area (Å²) in [5.41, 5.74) is 19.5. The number of aryl methyl sites for hydroxylation is 3. The zero-order valence-electron chi connectivity index (χ0n) is 32.5. The Morgan fingerprint density at radius 1 is 0.692 bits per heavy atom. The molecule has 5 aromatic rings. The van der Waals surface area contributed by atoms with Gasteiger partial charge in [-0.1, -0.05) is 0 Å². The molecular formula is C49H52Cl2Zr. The van der Waals surface area contributed by atoms with Crippen LogP contribution in [-0.4, -0.2) is 3.21 Å². The van der Waals surface area contributed by atoms with Crippen molar-refractivity contribution in [2.45, 2.75) is 90.6 Å². The summed E-state index contributed by atoms with van der Waals surface area (Å²) >= 11 is -2.91. The van der Waals surface area contributed by atoms with E-state index in [9.17, 15) is 0 Å². The Balaban J connectivity index is 0.00000232. The molecule has 3 heteroatoms. The Labute approximate surface area is 332 Å². The van der Waals surface area contributed by atoms with Crippen LogP contribution in [0.3, 0.4) is 0 Å². The molecule has 0 radical (unpaired) electrons. The molecule has 52 heavy (non-hydrogen) atoms. The van der Waals surface area contributed by atoms with E-state index in [1.807, 2.05) is 0 Å². The summed E-state index contributed by atoms with van der Waals surface area (Å²) in [6.45, 7) is 24.6. The van der Waals surface area contributed by atoms with Crippen LogP contribution >= 0.6 is 0 Å². The minimum atomic E-state index is -2.91. The van der Waals surface area contributed by atoms with E-state index in [-0.39, 0.29) is 27.9 Å². The van der Waals surface area contributed by atoms with Gasteiger partial charge in [-0.15, -0.1) is 0 Å². The Hall–Kier alpha value is -2.83. The second-order valence-electron chi connectivity index (χ2n) is 16.2. The third-order valence-corrected chi connectivity index (χ3v) is 23.1. The molecule has 8 rings (SSSR count). The minimum Gasteiger partial charge on any atom is -1.00 e. The van der Waals surface area contributed by atoms with E-state index in [1.54, 1.807) is 28.7 Å². The SMILES string of the molecule is Cc1ccc([C](c2ccc(C)cc2)=[Zr+2]([C]2=CC=CC2)[C]2(C)c3c4c(c5ccccc5c3C(C)C(C)C2C)-c2cc(C)c(C)c(C)c2C4C)cc1.[Cl-].[Cl-]. The molecule has 0 saturated carbocycles. The average molecular weight is 803 g/mol. The number of rotatable bonds is 4. The molecule has 5 unspecified atom stereocenters. The largest absolute Gasteiger partial charge is 1.00 e. The van der Waals surface area contributed by atoms with Crippen molar-refractivity contribution < 1.29 is 46.1 Å². The van der Waals surface area contributed by atoms with E-state index in [1.165, 1.54) is 60.8 Å². The van der Waals surface area contributed by atoms with E-state index in [4.69, 9.17) is 0 Å². The Morgan fingerprint density at radius 3 is 1.83 bits per heavy atom. The van der Waals surface area contributed by atoms with Crippen LogP contribution in [0.15, 0.2) is 100 Å². The number of benzene rings is 5. The molecule has 0 aliphatic heterocycles. The summed E-state index contributed by atoms with van der Waals surface area (Å²) in [5.74, 6) is 1.92. The minimum absolute atomic E-state index is 0. The molecule has 0 nitrogen and oxygen atoms in total. The van der Waals surface area contributed by atoms with E-state index in [2.05, 4.69) is 166 Å². The van der Waals surface area contributed by atoms with Gasteiger partial charge in [0.1, 0.15) is 0 Å². The van der Waals surface area contributed by atoms with Crippen LogP contribution < -0.4 is 24.8 Å².